The molecular formula is C19H19N3O3. The van der Waals surface area contributed by atoms with E-state index in [1.807, 2.05) is 24.3 Å². The second-order valence-corrected chi connectivity index (χ2v) is 5.72. The summed E-state index contributed by atoms with van der Waals surface area (Å²) in [7, 11) is 0. The molecule has 0 saturated heterocycles. The fourth-order valence-electron chi connectivity index (χ4n) is 2.72. The predicted octanol–water partition coefficient (Wildman–Crippen LogP) is 4.78. The number of para-hydroxylation sites is 2. The number of aromatic hydroxyl groups is 2. The van der Waals surface area contributed by atoms with Crippen LogP contribution in [-0.2, 0) is 6.54 Å². The average Bonchev–Trinajstić information content (AvgIpc) is 2.89. The number of phenols is 1. The zero-order valence-electron chi connectivity index (χ0n) is 13.9. The van der Waals surface area contributed by atoms with Crippen molar-refractivity contribution in [2.75, 3.05) is 0 Å². The van der Waals surface area contributed by atoms with Crippen LogP contribution >= 0.6 is 0 Å². The van der Waals surface area contributed by atoms with Gasteiger partial charge in [0.15, 0.2) is 5.69 Å². The Morgan fingerprint density at radius 1 is 1.08 bits per heavy atom. The minimum absolute atomic E-state index is 0.0107. The van der Waals surface area contributed by atoms with Gasteiger partial charge in [0.2, 0.25) is 5.88 Å². The quantitative estimate of drug-likeness (QED) is 0.657. The monoisotopic (exact) mass is 337 g/mol. The third-order valence-electron chi connectivity index (χ3n) is 4.03. The third-order valence-corrected chi connectivity index (χ3v) is 4.03. The second-order valence-electron chi connectivity index (χ2n) is 5.72. The smallest absolute Gasteiger partial charge is 0.299 e. The van der Waals surface area contributed by atoms with Crippen LogP contribution in [0.3, 0.4) is 0 Å². The Hall–Kier alpha value is -3.15. The molecule has 6 heteroatoms. The van der Waals surface area contributed by atoms with Crippen molar-refractivity contribution in [2.24, 2.45) is 10.2 Å². The van der Waals surface area contributed by atoms with Gasteiger partial charge in [0.05, 0.1) is 11.1 Å². The molecule has 3 aromatic rings. The van der Waals surface area contributed by atoms with E-state index in [-0.39, 0.29) is 22.9 Å². The number of unbranched alkanes of at least 4 members (excludes halogenated alkanes) is 1. The maximum absolute atomic E-state index is 12.2. The first kappa shape index (κ1) is 16.7. The first-order valence-corrected chi connectivity index (χ1v) is 8.17. The van der Waals surface area contributed by atoms with Crippen molar-refractivity contribution < 1.29 is 15.0 Å². The molecule has 128 valence electrons. The highest BCUT2D eigenvalue weighted by molar-refractivity contribution is 5.98. The number of nitrogens with zero attached hydrogens (tertiary/aromatic N) is 3. The van der Waals surface area contributed by atoms with Crippen molar-refractivity contribution in [1.29, 1.82) is 0 Å². The van der Waals surface area contributed by atoms with Crippen molar-refractivity contribution in [3.63, 3.8) is 0 Å². The number of amides is 1. The van der Waals surface area contributed by atoms with Crippen LogP contribution in [0.1, 0.15) is 30.1 Å². The summed E-state index contributed by atoms with van der Waals surface area (Å²) in [5.74, 6) is -0.826. The number of rotatable bonds is 5. The van der Waals surface area contributed by atoms with E-state index >= 15 is 0 Å². The van der Waals surface area contributed by atoms with Crippen LogP contribution in [0.15, 0.2) is 58.8 Å². The van der Waals surface area contributed by atoms with Crippen molar-refractivity contribution in [2.45, 2.75) is 26.3 Å². The van der Waals surface area contributed by atoms with Gasteiger partial charge in [0.1, 0.15) is 5.75 Å². The van der Waals surface area contributed by atoms with Gasteiger partial charge >= 0.3 is 0 Å². The molecule has 0 bridgehead atoms. The minimum atomic E-state index is -0.664. The molecule has 0 radical (unpaired) electrons. The van der Waals surface area contributed by atoms with Crippen molar-refractivity contribution in [3.8, 4) is 11.6 Å². The molecule has 1 aromatic heterocycles. The van der Waals surface area contributed by atoms with Crippen LogP contribution in [0, 0.1) is 0 Å². The molecule has 0 aliphatic carbocycles. The van der Waals surface area contributed by atoms with Crippen LogP contribution in [0.25, 0.3) is 10.9 Å². The number of hydrogen-bond acceptors (Lipinski definition) is 4. The number of fused-ring (bicyclic) bond motifs is 1. The number of aromatic nitrogens is 1. The number of aryl methyl sites for hydroxylation is 1. The molecule has 3 rings (SSSR count). The number of carbonyl (C=O) groups excluding carboxylic acids is 1. The molecular weight excluding hydrogens is 318 g/mol. The predicted molar refractivity (Wildman–Crippen MR) is 95.5 cm³/mol. The van der Waals surface area contributed by atoms with Crippen molar-refractivity contribution >= 4 is 22.5 Å². The maximum atomic E-state index is 12.2. The Morgan fingerprint density at radius 2 is 1.80 bits per heavy atom. The van der Waals surface area contributed by atoms with Crippen molar-refractivity contribution in [3.05, 3.63) is 54.1 Å². The Bertz CT molecular complexity index is 944. The van der Waals surface area contributed by atoms with Crippen LogP contribution in [-0.4, -0.2) is 20.7 Å². The normalized spacial score (nSPS) is 11.4. The molecule has 1 amide bonds. The van der Waals surface area contributed by atoms with Gasteiger partial charge in [0.25, 0.3) is 5.91 Å². The van der Waals surface area contributed by atoms with E-state index in [4.69, 9.17) is 0 Å². The van der Waals surface area contributed by atoms with Gasteiger partial charge in [-0.1, -0.05) is 43.7 Å². The van der Waals surface area contributed by atoms with Gasteiger partial charge in [-0.3, -0.25) is 4.79 Å². The highest BCUT2D eigenvalue weighted by Crippen LogP contribution is 2.39. The lowest BCUT2D eigenvalue weighted by atomic mass is 10.2. The minimum Gasteiger partial charge on any atom is -0.507 e. The van der Waals surface area contributed by atoms with E-state index in [2.05, 4.69) is 17.2 Å². The molecule has 2 N–H and O–H groups in total. The van der Waals surface area contributed by atoms with Crippen LogP contribution < -0.4 is 0 Å². The molecule has 0 saturated carbocycles. The number of carbonyl (C=O) groups is 1. The highest BCUT2D eigenvalue weighted by Gasteiger charge is 2.17. The summed E-state index contributed by atoms with van der Waals surface area (Å²) in [5.41, 5.74) is 1.17. The Labute approximate surface area is 145 Å². The SMILES string of the molecule is CCCCn1c(O)c(N=NC(=O)c2ccccc2O)c2ccccc21. The van der Waals surface area contributed by atoms with E-state index in [1.165, 1.54) is 12.1 Å². The lowest BCUT2D eigenvalue weighted by Crippen LogP contribution is -1.96. The zero-order chi connectivity index (χ0) is 17.8. The molecule has 2 aromatic carbocycles. The van der Waals surface area contributed by atoms with Crippen LogP contribution in [0.2, 0.25) is 0 Å². The molecule has 0 fully saturated rings. The maximum Gasteiger partial charge on any atom is 0.299 e. The number of benzene rings is 2. The zero-order valence-corrected chi connectivity index (χ0v) is 13.9. The fraction of sp³-hybridized carbons (Fsp3) is 0.211. The molecule has 25 heavy (non-hydrogen) atoms. The standard InChI is InChI=1S/C19H19N3O3/c1-2-3-12-22-15-10-6-4-8-13(15)17(19(22)25)20-21-18(24)14-9-5-7-11-16(14)23/h4-11,23,25H,2-3,12H2,1H3. The van der Waals surface area contributed by atoms with Gasteiger partial charge in [-0.15, -0.1) is 10.2 Å². The lowest BCUT2D eigenvalue weighted by molar-refractivity contribution is 0.0992. The lowest BCUT2D eigenvalue weighted by Gasteiger charge is -2.05. The largest absolute Gasteiger partial charge is 0.507 e. The summed E-state index contributed by atoms with van der Waals surface area (Å²) in [5, 5.41) is 28.6. The van der Waals surface area contributed by atoms with E-state index in [0.717, 1.165) is 23.7 Å². The van der Waals surface area contributed by atoms with Gasteiger partial charge in [-0.2, -0.15) is 0 Å². The van der Waals surface area contributed by atoms with Crippen LogP contribution in [0.5, 0.6) is 11.6 Å². The molecule has 0 unspecified atom stereocenters. The van der Waals surface area contributed by atoms with E-state index in [9.17, 15) is 15.0 Å². The van der Waals surface area contributed by atoms with E-state index in [0.29, 0.717) is 6.54 Å². The Morgan fingerprint density at radius 3 is 2.56 bits per heavy atom. The van der Waals surface area contributed by atoms with Gasteiger partial charge in [-0.25, -0.2) is 0 Å². The molecule has 1 heterocycles. The summed E-state index contributed by atoms with van der Waals surface area (Å²) >= 11 is 0. The summed E-state index contributed by atoms with van der Waals surface area (Å²) < 4.78 is 1.78. The van der Waals surface area contributed by atoms with Gasteiger partial charge < -0.3 is 14.8 Å². The van der Waals surface area contributed by atoms with Gasteiger partial charge in [-0.05, 0) is 24.6 Å². The number of phenolic OH excluding ortho intramolecular Hbond substituents is 1. The highest BCUT2D eigenvalue weighted by atomic mass is 16.3. The van der Waals surface area contributed by atoms with Gasteiger partial charge in [0, 0.05) is 11.9 Å². The molecule has 0 spiro atoms. The molecule has 0 atom stereocenters. The molecule has 6 nitrogen and oxygen atoms in total. The molecule has 0 aliphatic heterocycles. The molecule has 0 aliphatic rings. The fourth-order valence-corrected chi connectivity index (χ4v) is 2.72. The Kier molecular flexibility index (Phi) is 4.79. The van der Waals surface area contributed by atoms with E-state index in [1.54, 1.807) is 16.7 Å². The third kappa shape index (κ3) is 3.24. The first-order chi connectivity index (χ1) is 12.1. The summed E-state index contributed by atoms with van der Waals surface area (Å²) in [6.07, 6.45) is 1.91. The summed E-state index contributed by atoms with van der Waals surface area (Å²) in [6, 6.07) is 13.6. The topological polar surface area (TPSA) is 87.2 Å². The second kappa shape index (κ2) is 7.17. The number of hydrogen-bond donors (Lipinski definition) is 2. The first-order valence-electron chi connectivity index (χ1n) is 8.17. The summed E-state index contributed by atoms with van der Waals surface area (Å²) in [4.78, 5) is 12.2. The summed E-state index contributed by atoms with van der Waals surface area (Å²) in [6.45, 7) is 2.74. The van der Waals surface area contributed by atoms with E-state index < -0.39 is 5.91 Å². The number of azo groups is 1. The Balaban J connectivity index is 2.00. The van der Waals surface area contributed by atoms with Crippen LogP contribution in [0.4, 0.5) is 5.69 Å². The van der Waals surface area contributed by atoms with Crippen molar-refractivity contribution in [1.82, 2.24) is 4.57 Å². The average molecular weight is 337 g/mol.